The maximum absolute atomic E-state index is 11.1. The summed E-state index contributed by atoms with van der Waals surface area (Å²) < 4.78 is 0. The largest absolute Gasteiger partial charge is 0.382 e. The molecular weight excluding hydrogens is 264 g/mol. The molecule has 4 nitrogen and oxygen atoms in total. The maximum atomic E-state index is 11.1. The van der Waals surface area contributed by atoms with E-state index in [9.17, 15) is 10.1 Å². The fraction of sp³-hybridized carbons (Fsp3) is 0.647. The van der Waals surface area contributed by atoms with Crippen LogP contribution < -0.4 is 5.32 Å². The third-order valence-electron chi connectivity index (χ3n) is 4.61. The Morgan fingerprint density at radius 2 is 2.10 bits per heavy atom. The average Bonchev–Trinajstić information content (AvgIpc) is 2.60. The van der Waals surface area contributed by atoms with Gasteiger partial charge in [0.25, 0.3) is 5.69 Å². The quantitative estimate of drug-likeness (QED) is 0.486. The van der Waals surface area contributed by atoms with Crippen LogP contribution >= 0.6 is 0 Å². The molecule has 0 aromatic heterocycles. The van der Waals surface area contributed by atoms with E-state index in [0.29, 0.717) is 17.9 Å². The van der Waals surface area contributed by atoms with Crippen molar-refractivity contribution in [3.8, 4) is 0 Å². The van der Waals surface area contributed by atoms with Crippen molar-refractivity contribution in [2.24, 2.45) is 5.41 Å². The highest BCUT2D eigenvalue weighted by Crippen LogP contribution is 2.35. The van der Waals surface area contributed by atoms with Crippen molar-refractivity contribution >= 4 is 11.4 Å². The Bertz CT molecular complexity index is 512. The normalized spacial score (nSPS) is 21.6. The van der Waals surface area contributed by atoms with Gasteiger partial charge in [0, 0.05) is 23.4 Å². The van der Waals surface area contributed by atoms with Gasteiger partial charge in [-0.1, -0.05) is 33.3 Å². The first-order chi connectivity index (χ1) is 9.91. The lowest BCUT2D eigenvalue weighted by molar-refractivity contribution is -0.385. The van der Waals surface area contributed by atoms with Gasteiger partial charge in [-0.25, -0.2) is 0 Å². The van der Waals surface area contributed by atoms with E-state index in [1.807, 2.05) is 19.1 Å². The van der Waals surface area contributed by atoms with Crippen LogP contribution in [-0.4, -0.2) is 11.0 Å². The summed E-state index contributed by atoms with van der Waals surface area (Å²) in [6, 6.07) is 5.97. The van der Waals surface area contributed by atoms with E-state index >= 15 is 0 Å². The predicted octanol–water partition coefficient (Wildman–Crippen LogP) is 4.93. The molecule has 0 bridgehead atoms. The van der Waals surface area contributed by atoms with Gasteiger partial charge >= 0.3 is 0 Å². The Morgan fingerprint density at radius 1 is 1.33 bits per heavy atom. The molecule has 0 aliphatic heterocycles. The van der Waals surface area contributed by atoms with Crippen LogP contribution in [0.1, 0.15) is 58.4 Å². The molecule has 1 aliphatic carbocycles. The number of hydrogen-bond acceptors (Lipinski definition) is 3. The zero-order valence-corrected chi connectivity index (χ0v) is 13.3. The van der Waals surface area contributed by atoms with Crippen molar-refractivity contribution in [3.63, 3.8) is 0 Å². The smallest absolute Gasteiger partial charge is 0.274 e. The van der Waals surface area contributed by atoms with Gasteiger partial charge in [0.1, 0.15) is 0 Å². The summed E-state index contributed by atoms with van der Waals surface area (Å²) in [6.07, 6.45) is 6.66. The van der Waals surface area contributed by atoms with Gasteiger partial charge in [0.15, 0.2) is 0 Å². The molecule has 0 saturated heterocycles. The van der Waals surface area contributed by atoms with Crippen molar-refractivity contribution in [1.82, 2.24) is 0 Å². The summed E-state index contributed by atoms with van der Waals surface area (Å²) in [6.45, 7) is 6.61. The van der Waals surface area contributed by atoms with Gasteiger partial charge in [0.2, 0.25) is 0 Å². The molecule has 1 aromatic carbocycles. The highest BCUT2D eigenvalue weighted by atomic mass is 16.6. The summed E-state index contributed by atoms with van der Waals surface area (Å²) in [4.78, 5) is 10.9. The minimum atomic E-state index is -0.278. The summed E-state index contributed by atoms with van der Waals surface area (Å²) in [5.41, 5.74) is 2.33. The highest BCUT2D eigenvalue weighted by Gasteiger charge is 2.24. The molecule has 0 spiro atoms. The van der Waals surface area contributed by atoms with E-state index in [0.717, 1.165) is 24.1 Å². The van der Waals surface area contributed by atoms with Crippen LogP contribution in [-0.2, 0) is 6.42 Å². The zero-order chi connectivity index (χ0) is 15.5. The van der Waals surface area contributed by atoms with E-state index in [-0.39, 0.29) is 10.6 Å². The first-order valence-electron chi connectivity index (χ1n) is 7.95. The SMILES string of the molecule is CCc1ccc(NC2CCCC(C)(C)CC2)cc1[N+](=O)[O-]. The topological polar surface area (TPSA) is 55.2 Å². The number of nitrogens with one attached hydrogen (secondary N) is 1. The number of rotatable bonds is 4. The molecule has 2 rings (SSSR count). The number of nitrogens with zero attached hydrogens (tertiary/aromatic N) is 1. The van der Waals surface area contributed by atoms with E-state index < -0.39 is 0 Å². The minimum absolute atomic E-state index is 0.233. The fourth-order valence-corrected chi connectivity index (χ4v) is 3.16. The van der Waals surface area contributed by atoms with Crippen LogP contribution in [0.5, 0.6) is 0 Å². The lowest BCUT2D eigenvalue weighted by atomic mass is 9.85. The highest BCUT2D eigenvalue weighted by molar-refractivity contribution is 5.55. The van der Waals surface area contributed by atoms with Gasteiger partial charge in [-0.2, -0.15) is 0 Å². The van der Waals surface area contributed by atoms with Crippen molar-refractivity contribution < 1.29 is 4.92 Å². The Labute approximate surface area is 127 Å². The van der Waals surface area contributed by atoms with E-state index in [1.54, 1.807) is 6.07 Å². The second-order valence-electron chi connectivity index (χ2n) is 6.89. The average molecular weight is 290 g/mol. The zero-order valence-electron chi connectivity index (χ0n) is 13.3. The van der Waals surface area contributed by atoms with Gasteiger partial charge in [-0.15, -0.1) is 0 Å². The van der Waals surface area contributed by atoms with Gasteiger partial charge in [-0.3, -0.25) is 10.1 Å². The number of nitro groups is 1. The second-order valence-corrected chi connectivity index (χ2v) is 6.89. The molecule has 116 valence electrons. The Kier molecular flexibility index (Phi) is 4.86. The number of hydrogen-bond donors (Lipinski definition) is 1. The third-order valence-corrected chi connectivity index (χ3v) is 4.61. The van der Waals surface area contributed by atoms with Crippen LogP contribution in [0.15, 0.2) is 18.2 Å². The van der Waals surface area contributed by atoms with Gasteiger partial charge in [-0.05, 0) is 43.6 Å². The summed E-state index contributed by atoms with van der Waals surface area (Å²) in [5, 5.41) is 14.6. The fourth-order valence-electron chi connectivity index (χ4n) is 3.16. The number of benzene rings is 1. The predicted molar refractivity (Wildman–Crippen MR) is 86.8 cm³/mol. The maximum Gasteiger partial charge on any atom is 0.274 e. The lowest BCUT2D eigenvalue weighted by Gasteiger charge is -2.22. The molecule has 1 aromatic rings. The molecule has 0 heterocycles. The molecule has 21 heavy (non-hydrogen) atoms. The Morgan fingerprint density at radius 3 is 2.76 bits per heavy atom. The Hall–Kier alpha value is -1.58. The van der Waals surface area contributed by atoms with E-state index in [2.05, 4.69) is 19.2 Å². The van der Waals surface area contributed by atoms with Crippen molar-refractivity contribution in [2.45, 2.75) is 65.3 Å². The van der Waals surface area contributed by atoms with Crippen LogP contribution in [0.25, 0.3) is 0 Å². The first kappa shape index (κ1) is 15.8. The lowest BCUT2D eigenvalue weighted by Crippen LogP contribution is -2.19. The number of aryl methyl sites for hydroxylation is 1. The molecule has 0 amide bonds. The molecule has 1 saturated carbocycles. The molecular formula is C17H26N2O2. The summed E-state index contributed by atoms with van der Waals surface area (Å²) in [7, 11) is 0. The molecule has 1 aliphatic rings. The molecule has 1 unspecified atom stereocenters. The molecule has 4 heteroatoms. The first-order valence-corrected chi connectivity index (χ1v) is 7.95. The van der Waals surface area contributed by atoms with Gasteiger partial charge in [0.05, 0.1) is 4.92 Å². The van der Waals surface area contributed by atoms with Crippen molar-refractivity contribution in [1.29, 1.82) is 0 Å². The van der Waals surface area contributed by atoms with Gasteiger partial charge < -0.3 is 5.32 Å². The van der Waals surface area contributed by atoms with Crippen LogP contribution in [0.3, 0.4) is 0 Å². The van der Waals surface area contributed by atoms with Crippen LogP contribution in [0, 0.1) is 15.5 Å². The number of nitro benzene ring substituents is 1. The number of anilines is 1. The standard InChI is InChI=1S/C17H26N2O2/c1-4-13-7-8-15(12-16(13)19(20)21)18-14-6-5-10-17(2,3)11-9-14/h7-8,12,14,18H,4-6,9-11H2,1-3H3. The van der Waals surface area contributed by atoms with Crippen molar-refractivity contribution in [3.05, 3.63) is 33.9 Å². The van der Waals surface area contributed by atoms with E-state index in [4.69, 9.17) is 0 Å². The minimum Gasteiger partial charge on any atom is -0.382 e. The third kappa shape index (κ3) is 4.19. The molecule has 1 N–H and O–H groups in total. The van der Waals surface area contributed by atoms with E-state index in [1.165, 1.54) is 19.3 Å². The molecule has 0 radical (unpaired) electrons. The molecule has 1 fully saturated rings. The molecule has 1 atom stereocenters. The Balaban J connectivity index is 2.09. The van der Waals surface area contributed by atoms with Crippen molar-refractivity contribution in [2.75, 3.05) is 5.32 Å². The van der Waals surface area contributed by atoms with Crippen LogP contribution in [0.4, 0.5) is 11.4 Å². The summed E-state index contributed by atoms with van der Waals surface area (Å²) in [5.74, 6) is 0. The second kappa shape index (κ2) is 6.46. The monoisotopic (exact) mass is 290 g/mol. The summed E-state index contributed by atoms with van der Waals surface area (Å²) >= 11 is 0. The van der Waals surface area contributed by atoms with Crippen LogP contribution in [0.2, 0.25) is 0 Å².